The zero-order valence-corrected chi connectivity index (χ0v) is 11.8. The first-order valence-corrected chi connectivity index (χ1v) is 6.77. The number of hydrogen-bond acceptors (Lipinski definition) is 1. The van der Waals surface area contributed by atoms with E-state index in [1.165, 1.54) is 11.1 Å². The molecule has 1 heteroatoms. The molecule has 1 N–H and O–H groups in total. The van der Waals surface area contributed by atoms with Gasteiger partial charge in [0.15, 0.2) is 0 Å². The van der Waals surface area contributed by atoms with Crippen LogP contribution in [0.25, 0.3) is 0 Å². The second kappa shape index (κ2) is 7.33. The molecule has 0 fully saturated rings. The lowest BCUT2D eigenvalue weighted by molar-refractivity contribution is 0.690. The quantitative estimate of drug-likeness (QED) is 0.651. The van der Waals surface area contributed by atoms with Gasteiger partial charge in [-0.1, -0.05) is 65.9 Å². The first-order chi connectivity index (χ1) is 9.79. The summed E-state index contributed by atoms with van der Waals surface area (Å²) < 4.78 is 0. The average Bonchev–Trinajstić information content (AvgIpc) is 2.50. The van der Waals surface area contributed by atoms with Crippen LogP contribution in [0.3, 0.4) is 0 Å². The van der Waals surface area contributed by atoms with Crippen LogP contribution in [0.4, 0.5) is 0 Å². The molecule has 20 heavy (non-hydrogen) atoms. The Morgan fingerprint density at radius 1 is 1.10 bits per heavy atom. The second-order valence-electron chi connectivity index (χ2n) is 4.68. The zero-order chi connectivity index (χ0) is 14.2. The first kappa shape index (κ1) is 14.1. The highest BCUT2D eigenvalue weighted by atomic mass is 14.9. The van der Waals surface area contributed by atoms with Crippen molar-refractivity contribution in [1.29, 1.82) is 0 Å². The maximum Gasteiger partial charge on any atom is 0.0952 e. The number of rotatable bonds is 4. The molecule has 0 bridgehead atoms. The fourth-order valence-electron chi connectivity index (χ4n) is 1.89. The first-order valence-electron chi connectivity index (χ1n) is 6.77. The van der Waals surface area contributed by atoms with E-state index in [0.29, 0.717) is 0 Å². The molecule has 1 unspecified atom stereocenters. The minimum Gasteiger partial charge on any atom is -0.296 e. The Labute approximate surface area is 121 Å². The van der Waals surface area contributed by atoms with Crippen molar-refractivity contribution in [3.8, 4) is 11.8 Å². The standard InChI is InChI=1S/C19H19N/c1-3-15-20-19(18-12-9-16(2)10-13-18)14-11-17-7-5-4-6-8-17/h3-10,12-13,19-20H,1,15H2,2H3. The van der Waals surface area contributed by atoms with E-state index in [0.717, 1.165) is 12.1 Å². The van der Waals surface area contributed by atoms with E-state index in [2.05, 4.69) is 54.9 Å². The molecule has 0 radical (unpaired) electrons. The smallest absolute Gasteiger partial charge is 0.0952 e. The van der Waals surface area contributed by atoms with Gasteiger partial charge < -0.3 is 0 Å². The monoisotopic (exact) mass is 261 g/mol. The molecular formula is C19H19N. The molecule has 2 aromatic carbocycles. The summed E-state index contributed by atoms with van der Waals surface area (Å²) in [5.74, 6) is 6.52. The summed E-state index contributed by atoms with van der Waals surface area (Å²) in [6, 6.07) is 18.5. The summed E-state index contributed by atoms with van der Waals surface area (Å²) in [6.07, 6.45) is 1.85. The molecule has 0 amide bonds. The maximum atomic E-state index is 3.75. The van der Waals surface area contributed by atoms with Gasteiger partial charge >= 0.3 is 0 Å². The van der Waals surface area contributed by atoms with E-state index in [1.807, 2.05) is 36.4 Å². The molecule has 0 spiro atoms. The minimum absolute atomic E-state index is 0.0220. The fourth-order valence-corrected chi connectivity index (χ4v) is 1.89. The van der Waals surface area contributed by atoms with Crippen molar-refractivity contribution in [1.82, 2.24) is 5.32 Å². The Bertz CT molecular complexity index is 600. The molecular weight excluding hydrogens is 242 g/mol. The van der Waals surface area contributed by atoms with Crippen LogP contribution in [0.5, 0.6) is 0 Å². The van der Waals surface area contributed by atoms with Crippen LogP contribution in [0.15, 0.2) is 67.3 Å². The average molecular weight is 261 g/mol. The van der Waals surface area contributed by atoms with E-state index in [4.69, 9.17) is 0 Å². The summed E-state index contributed by atoms with van der Waals surface area (Å²) in [5, 5.41) is 3.38. The van der Waals surface area contributed by atoms with Crippen LogP contribution in [-0.4, -0.2) is 6.54 Å². The van der Waals surface area contributed by atoms with Gasteiger partial charge in [-0.2, -0.15) is 0 Å². The van der Waals surface area contributed by atoms with E-state index < -0.39 is 0 Å². The van der Waals surface area contributed by atoms with Gasteiger partial charge in [0.1, 0.15) is 0 Å². The Balaban J connectivity index is 2.22. The molecule has 1 nitrogen and oxygen atoms in total. The molecule has 0 heterocycles. The lowest BCUT2D eigenvalue weighted by Gasteiger charge is -2.12. The van der Waals surface area contributed by atoms with Crippen molar-refractivity contribution in [3.63, 3.8) is 0 Å². The molecule has 1 atom stereocenters. The molecule has 0 aliphatic carbocycles. The van der Waals surface area contributed by atoms with Crippen LogP contribution in [0.1, 0.15) is 22.7 Å². The number of nitrogens with one attached hydrogen (secondary N) is 1. The molecule has 100 valence electrons. The van der Waals surface area contributed by atoms with Crippen molar-refractivity contribution in [3.05, 3.63) is 83.9 Å². The highest BCUT2D eigenvalue weighted by molar-refractivity contribution is 5.38. The molecule has 0 aliphatic heterocycles. The lowest BCUT2D eigenvalue weighted by Crippen LogP contribution is -2.19. The van der Waals surface area contributed by atoms with Gasteiger partial charge in [0, 0.05) is 12.1 Å². The Morgan fingerprint density at radius 3 is 2.45 bits per heavy atom. The van der Waals surface area contributed by atoms with Crippen molar-refractivity contribution in [2.75, 3.05) is 6.54 Å². The minimum atomic E-state index is 0.0220. The van der Waals surface area contributed by atoms with Crippen LogP contribution in [0.2, 0.25) is 0 Å². The number of benzene rings is 2. The van der Waals surface area contributed by atoms with Crippen LogP contribution in [0, 0.1) is 18.8 Å². The molecule has 0 saturated heterocycles. The largest absolute Gasteiger partial charge is 0.296 e. The summed E-state index contributed by atoms with van der Waals surface area (Å²) in [4.78, 5) is 0. The summed E-state index contributed by atoms with van der Waals surface area (Å²) in [5.41, 5.74) is 3.47. The van der Waals surface area contributed by atoms with Crippen LogP contribution in [-0.2, 0) is 0 Å². The molecule has 0 aliphatic rings. The van der Waals surface area contributed by atoms with Gasteiger partial charge in [0.25, 0.3) is 0 Å². The summed E-state index contributed by atoms with van der Waals surface area (Å²) in [7, 11) is 0. The Morgan fingerprint density at radius 2 is 1.80 bits per heavy atom. The van der Waals surface area contributed by atoms with E-state index >= 15 is 0 Å². The number of hydrogen-bond donors (Lipinski definition) is 1. The van der Waals surface area contributed by atoms with Gasteiger partial charge in [-0.05, 0) is 24.6 Å². The van der Waals surface area contributed by atoms with E-state index in [9.17, 15) is 0 Å². The normalized spacial score (nSPS) is 11.2. The van der Waals surface area contributed by atoms with Crippen molar-refractivity contribution >= 4 is 0 Å². The van der Waals surface area contributed by atoms with Gasteiger partial charge in [-0.15, -0.1) is 6.58 Å². The molecule has 0 saturated carbocycles. The van der Waals surface area contributed by atoms with Crippen molar-refractivity contribution in [2.45, 2.75) is 13.0 Å². The third kappa shape index (κ3) is 4.12. The highest BCUT2D eigenvalue weighted by Crippen LogP contribution is 2.13. The molecule has 0 aromatic heterocycles. The fraction of sp³-hybridized carbons (Fsp3) is 0.158. The number of aryl methyl sites for hydroxylation is 1. The third-order valence-electron chi connectivity index (χ3n) is 3.01. The summed E-state index contributed by atoms with van der Waals surface area (Å²) in [6.45, 7) is 6.58. The van der Waals surface area contributed by atoms with Gasteiger partial charge in [0.05, 0.1) is 6.04 Å². The van der Waals surface area contributed by atoms with Crippen LogP contribution < -0.4 is 5.32 Å². The van der Waals surface area contributed by atoms with Crippen molar-refractivity contribution < 1.29 is 0 Å². The van der Waals surface area contributed by atoms with Gasteiger partial charge in [-0.3, -0.25) is 5.32 Å². The highest BCUT2D eigenvalue weighted by Gasteiger charge is 2.06. The maximum absolute atomic E-state index is 3.75. The lowest BCUT2D eigenvalue weighted by atomic mass is 10.0. The second-order valence-corrected chi connectivity index (χ2v) is 4.68. The van der Waals surface area contributed by atoms with E-state index in [1.54, 1.807) is 0 Å². The zero-order valence-electron chi connectivity index (χ0n) is 11.8. The predicted molar refractivity (Wildman–Crippen MR) is 85.4 cm³/mol. The van der Waals surface area contributed by atoms with E-state index in [-0.39, 0.29) is 6.04 Å². The third-order valence-corrected chi connectivity index (χ3v) is 3.01. The summed E-state index contributed by atoms with van der Waals surface area (Å²) >= 11 is 0. The predicted octanol–water partition coefficient (Wildman–Crippen LogP) is 3.86. The van der Waals surface area contributed by atoms with Gasteiger partial charge in [0.2, 0.25) is 0 Å². The van der Waals surface area contributed by atoms with Crippen LogP contribution >= 0.6 is 0 Å². The molecule has 2 aromatic rings. The van der Waals surface area contributed by atoms with Crippen molar-refractivity contribution in [2.24, 2.45) is 0 Å². The SMILES string of the molecule is C=CCNC(C#Cc1ccccc1)c1ccc(C)cc1. The molecule has 2 rings (SSSR count). The van der Waals surface area contributed by atoms with Gasteiger partial charge in [-0.25, -0.2) is 0 Å². The topological polar surface area (TPSA) is 12.0 Å². The Hall–Kier alpha value is -2.30. The Kier molecular flexibility index (Phi) is 5.17.